The lowest BCUT2D eigenvalue weighted by atomic mass is 10.1. The van der Waals surface area contributed by atoms with Crippen LogP contribution in [0, 0.1) is 0 Å². The molecule has 4 nitrogen and oxygen atoms in total. The number of hydrogen-bond donors (Lipinski definition) is 2. The van der Waals surface area contributed by atoms with Gasteiger partial charge in [-0.05, 0) is 47.4 Å². The van der Waals surface area contributed by atoms with Gasteiger partial charge in [0.2, 0.25) is 0 Å². The molecule has 1 aliphatic rings. The van der Waals surface area contributed by atoms with Gasteiger partial charge in [0.1, 0.15) is 5.75 Å². The van der Waals surface area contributed by atoms with E-state index in [-0.39, 0.29) is 17.0 Å². The Balaban J connectivity index is 0.00000176. The molecule has 1 heterocycles. The summed E-state index contributed by atoms with van der Waals surface area (Å²) in [6.07, 6.45) is 2.35. The van der Waals surface area contributed by atoms with Crippen LogP contribution in [-0.2, 0) is 6.54 Å². The van der Waals surface area contributed by atoms with Crippen LogP contribution in [0.3, 0.4) is 0 Å². The van der Waals surface area contributed by atoms with E-state index in [4.69, 9.17) is 4.74 Å². The molecule has 0 unspecified atom stereocenters. The van der Waals surface area contributed by atoms with Gasteiger partial charge < -0.3 is 15.4 Å². The van der Waals surface area contributed by atoms with E-state index >= 15 is 0 Å². The second kappa shape index (κ2) is 8.03. The molecule has 0 bridgehead atoms. The van der Waals surface area contributed by atoms with Gasteiger partial charge in [-0.15, -0.1) is 17.0 Å². The molecular formula is C17H22BrN3O. The van der Waals surface area contributed by atoms with E-state index < -0.39 is 0 Å². The van der Waals surface area contributed by atoms with Crippen molar-refractivity contribution in [3.8, 4) is 5.75 Å². The highest BCUT2D eigenvalue weighted by atomic mass is 79.9. The summed E-state index contributed by atoms with van der Waals surface area (Å²) < 4.78 is 5.25. The molecule has 0 spiro atoms. The molecule has 0 aliphatic carbocycles. The molecule has 0 atom stereocenters. The number of fused-ring (bicyclic) bond motifs is 1. The predicted octanol–water partition coefficient (Wildman–Crippen LogP) is 3.26. The lowest BCUT2D eigenvalue weighted by Crippen LogP contribution is -2.36. The Morgan fingerprint density at radius 1 is 1.14 bits per heavy atom. The number of ether oxygens (including phenoxy) is 1. The van der Waals surface area contributed by atoms with Crippen molar-refractivity contribution < 1.29 is 4.74 Å². The largest absolute Gasteiger partial charge is 0.497 e. The van der Waals surface area contributed by atoms with Crippen LogP contribution < -0.4 is 15.4 Å². The number of nitrogens with one attached hydrogen (secondary N) is 2. The minimum atomic E-state index is 0. The van der Waals surface area contributed by atoms with Crippen molar-refractivity contribution in [2.75, 3.05) is 20.2 Å². The lowest BCUT2D eigenvalue weighted by molar-refractivity contribution is 0.415. The molecule has 1 aliphatic heterocycles. The number of aliphatic imine (C=N–C) groups is 1. The van der Waals surface area contributed by atoms with Gasteiger partial charge in [0.25, 0.3) is 0 Å². The van der Waals surface area contributed by atoms with Gasteiger partial charge in [0, 0.05) is 19.6 Å². The van der Waals surface area contributed by atoms with Gasteiger partial charge in [0.05, 0.1) is 7.11 Å². The van der Waals surface area contributed by atoms with Crippen molar-refractivity contribution in [3.05, 3.63) is 42.0 Å². The Morgan fingerprint density at radius 3 is 2.82 bits per heavy atom. The summed E-state index contributed by atoms with van der Waals surface area (Å²) in [6.45, 7) is 2.70. The number of guanidine groups is 1. The van der Waals surface area contributed by atoms with Gasteiger partial charge >= 0.3 is 0 Å². The Morgan fingerprint density at radius 2 is 1.95 bits per heavy atom. The molecule has 3 rings (SSSR count). The van der Waals surface area contributed by atoms with Gasteiger partial charge in [-0.3, -0.25) is 4.99 Å². The van der Waals surface area contributed by atoms with E-state index in [9.17, 15) is 0 Å². The summed E-state index contributed by atoms with van der Waals surface area (Å²) in [7, 11) is 1.69. The molecule has 0 aromatic heterocycles. The number of nitrogens with zero attached hydrogens (tertiary/aromatic N) is 1. The van der Waals surface area contributed by atoms with E-state index in [0.29, 0.717) is 0 Å². The maximum atomic E-state index is 5.25. The van der Waals surface area contributed by atoms with Crippen LogP contribution in [0.5, 0.6) is 5.75 Å². The maximum absolute atomic E-state index is 5.25. The fourth-order valence-corrected chi connectivity index (χ4v) is 2.50. The minimum Gasteiger partial charge on any atom is -0.497 e. The molecule has 2 N–H and O–H groups in total. The molecular weight excluding hydrogens is 342 g/mol. The first-order valence-corrected chi connectivity index (χ1v) is 7.44. The van der Waals surface area contributed by atoms with Crippen LogP contribution in [0.1, 0.15) is 18.4 Å². The highest BCUT2D eigenvalue weighted by Gasteiger charge is 2.03. The van der Waals surface area contributed by atoms with E-state index in [1.165, 1.54) is 22.8 Å². The van der Waals surface area contributed by atoms with Crippen molar-refractivity contribution >= 4 is 33.7 Å². The number of hydrogen-bond acceptors (Lipinski definition) is 4. The van der Waals surface area contributed by atoms with Crippen molar-refractivity contribution in [1.82, 2.24) is 10.6 Å². The fraction of sp³-hybridized carbons (Fsp3) is 0.353. The van der Waals surface area contributed by atoms with Crippen molar-refractivity contribution in [1.29, 1.82) is 0 Å². The topological polar surface area (TPSA) is 45.6 Å². The molecule has 2 aromatic rings. The molecule has 2 aromatic carbocycles. The third-order valence-corrected chi connectivity index (χ3v) is 3.72. The molecule has 0 fully saturated rings. The predicted molar refractivity (Wildman–Crippen MR) is 97.2 cm³/mol. The van der Waals surface area contributed by atoms with E-state index in [1.54, 1.807) is 7.11 Å². The molecule has 0 amide bonds. The van der Waals surface area contributed by atoms with Crippen LogP contribution >= 0.6 is 17.0 Å². The quantitative estimate of drug-likeness (QED) is 0.879. The molecule has 22 heavy (non-hydrogen) atoms. The zero-order chi connectivity index (χ0) is 14.5. The molecule has 5 heteroatoms. The summed E-state index contributed by atoms with van der Waals surface area (Å²) >= 11 is 0. The number of benzene rings is 2. The third kappa shape index (κ3) is 4.13. The lowest BCUT2D eigenvalue weighted by Gasteiger charge is -2.11. The highest BCUT2D eigenvalue weighted by molar-refractivity contribution is 8.93. The van der Waals surface area contributed by atoms with Crippen LogP contribution in [0.4, 0.5) is 0 Å². The smallest absolute Gasteiger partial charge is 0.191 e. The second-order valence-electron chi connectivity index (χ2n) is 5.27. The summed E-state index contributed by atoms with van der Waals surface area (Å²) in [4.78, 5) is 4.50. The fourth-order valence-electron chi connectivity index (χ4n) is 2.50. The summed E-state index contributed by atoms with van der Waals surface area (Å²) in [5.41, 5.74) is 1.25. The number of halogens is 1. The monoisotopic (exact) mass is 363 g/mol. The SMILES string of the molecule is Br.COc1ccc2cc(CNC3=NCCCCN3)ccc2c1. The van der Waals surface area contributed by atoms with Crippen LogP contribution in [0.25, 0.3) is 10.8 Å². The highest BCUT2D eigenvalue weighted by Crippen LogP contribution is 2.21. The first-order valence-electron chi connectivity index (χ1n) is 7.44. The summed E-state index contributed by atoms with van der Waals surface area (Å²) in [5.74, 6) is 1.81. The van der Waals surface area contributed by atoms with Gasteiger partial charge in [-0.25, -0.2) is 0 Å². The van der Waals surface area contributed by atoms with Crippen LogP contribution in [0.15, 0.2) is 41.4 Å². The normalized spacial score (nSPS) is 14.3. The Bertz CT molecular complexity index is 657. The van der Waals surface area contributed by atoms with Crippen molar-refractivity contribution in [3.63, 3.8) is 0 Å². The first-order chi connectivity index (χ1) is 10.3. The number of rotatable bonds is 3. The third-order valence-electron chi connectivity index (χ3n) is 3.72. The maximum Gasteiger partial charge on any atom is 0.191 e. The van der Waals surface area contributed by atoms with Gasteiger partial charge in [0.15, 0.2) is 5.96 Å². The summed E-state index contributed by atoms with van der Waals surface area (Å²) in [5, 5.41) is 9.13. The zero-order valence-corrected chi connectivity index (χ0v) is 14.5. The molecule has 0 saturated heterocycles. The average molecular weight is 364 g/mol. The minimum absolute atomic E-state index is 0. The standard InChI is InChI=1S/C17H21N3O.BrH/c1-21-16-7-6-14-10-13(4-5-15(14)11-16)12-20-17-18-8-2-3-9-19-17;/h4-7,10-11H,2-3,8-9,12H2,1H3,(H2,18,19,20);1H. The van der Waals surface area contributed by atoms with Gasteiger partial charge in [-0.2, -0.15) is 0 Å². The average Bonchev–Trinajstić information content (AvgIpc) is 2.81. The van der Waals surface area contributed by atoms with E-state index in [1.807, 2.05) is 6.07 Å². The van der Waals surface area contributed by atoms with E-state index in [2.05, 4.69) is 46.0 Å². The van der Waals surface area contributed by atoms with Crippen molar-refractivity contribution in [2.45, 2.75) is 19.4 Å². The molecule has 118 valence electrons. The summed E-state index contributed by atoms with van der Waals surface area (Å²) in [6, 6.07) is 12.6. The Hall–Kier alpha value is -1.75. The van der Waals surface area contributed by atoms with Gasteiger partial charge in [-0.1, -0.05) is 18.2 Å². The van der Waals surface area contributed by atoms with E-state index in [0.717, 1.165) is 37.8 Å². The van der Waals surface area contributed by atoms with Crippen molar-refractivity contribution in [2.24, 2.45) is 4.99 Å². The second-order valence-corrected chi connectivity index (χ2v) is 5.27. The number of methoxy groups -OCH3 is 1. The molecule has 0 radical (unpaired) electrons. The zero-order valence-electron chi connectivity index (χ0n) is 12.8. The van der Waals surface area contributed by atoms with Crippen LogP contribution in [0.2, 0.25) is 0 Å². The first kappa shape index (κ1) is 16.6. The Kier molecular flexibility index (Phi) is 6.07. The Labute approximate surface area is 141 Å². The van der Waals surface area contributed by atoms with Crippen LogP contribution in [-0.4, -0.2) is 26.2 Å². The molecule has 0 saturated carbocycles.